The number of carbonyl (C=O) groups excluding carboxylic acids is 1. The Bertz CT molecular complexity index is 1020. The van der Waals surface area contributed by atoms with Crippen molar-refractivity contribution in [1.29, 1.82) is 0 Å². The first-order chi connectivity index (χ1) is 27.3. The van der Waals surface area contributed by atoms with Crippen molar-refractivity contribution in [3.8, 4) is 0 Å². The molecule has 0 saturated heterocycles. The van der Waals surface area contributed by atoms with Gasteiger partial charge in [0.05, 0.1) is 17.9 Å². The van der Waals surface area contributed by atoms with Gasteiger partial charge < -0.3 is 10.4 Å². The van der Waals surface area contributed by atoms with Gasteiger partial charge in [0.2, 0.25) is 5.91 Å². The van der Waals surface area contributed by atoms with Crippen molar-refractivity contribution in [2.75, 3.05) is 5.75 Å². The molecule has 1 amide bonds. The van der Waals surface area contributed by atoms with Gasteiger partial charge in [-0.2, -0.15) is 8.42 Å². The molecule has 0 bridgehead atoms. The molecule has 0 aliphatic rings. The number of aliphatic hydroxyl groups is 1. The fraction of sp³-hybridized carbons (Fsp3) is 0.857. The van der Waals surface area contributed by atoms with E-state index in [0.717, 1.165) is 38.5 Å². The smallest absolute Gasteiger partial charge is 0.267 e. The Morgan fingerprint density at radius 1 is 0.464 bits per heavy atom. The zero-order valence-electron chi connectivity index (χ0n) is 37.0. The summed E-state index contributed by atoms with van der Waals surface area (Å²) in [6.07, 6.45) is 57.2. The van der Waals surface area contributed by atoms with Crippen molar-refractivity contribution in [3.05, 3.63) is 36.5 Å². The predicted molar refractivity (Wildman–Crippen MR) is 244 cm³/mol. The molecule has 7 heteroatoms. The highest BCUT2D eigenvalue weighted by Crippen LogP contribution is 2.16. The quantitative estimate of drug-likeness (QED) is 0.0323. The van der Waals surface area contributed by atoms with Crippen molar-refractivity contribution < 1.29 is 22.9 Å². The van der Waals surface area contributed by atoms with Crippen LogP contribution in [0.4, 0.5) is 0 Å². The normalized spacial score (nSPS) is 13.4. The monoisotopic (exact) mass is 808 g/mol. The summed E-state index contributed by atoms with van der Waals surface area (Å²) < 4.78 is 32.6. The third-order valence-electron chi connectivity index (χ3n) is 11.0. The number of nitrogens with one attached hydrogen (secondary N) is 1. The van der Waals surface area contributed by atoms with Crippen LogP contribution < -0.4 is 5.32 Å². The molecule has 0 aliphatic heterocycles. The van der Waals surface area contributed by atoms with Crippen molar-refractivity contribution in [2.45, 2.75) is 264 Å². The first-order valence-corrected chi connectivity index (χ1v) is 25.8. The third-order valence-corrected chi connectivity index (χ3v) is 11.8. The van der Waals surface area contributed by atoms with Gasteiger partial charge in [-0.1, -0.05) is 237 Å². The number of hydrogen-bond donors (Lipinski definition) is 3. The van der Waals surface area contributed by atoms with E-state index in [0.29, 0.717) is 6.42 Å². The lowest BCUT2D eigenvalue weighted by molar-refractivity contribution is -0.122. The summed E-state index contributed by atoms with van der Waals surface area (Å²) in [6.45, 7) is 4.55. The van der Waals surface area contributed by atoms with Gasteiger partial charge in [-0.25, -0.2) is 0 Å². The lowest BCUT2D eigenvalue weighted by atomic mass is 10.0. The minimum absolute atomic E-state index is 0.288. The molecule has 3 N–H and O–H groups in total. The topological polar surface area (TPSA) is 104 Å². The van der Waals surface area contributed by atoms with E-state index in [-0.39, 0.29) is 12.3 Å². The van der Waals surface area contributed by atoms with E-state index in [2.05, 4.69) is 43.5 Å². The maximum Gasteiger partial charge on any atom is 0.267 e. The highest BCUT2D eigenvalue weighted by atomic mass is 32.2. The molecule has 0 heterocycles. The number of rotatable bonds is 44. The Hall–Kier alpha value is -1.44. The van der Waals surface area contributed by atoms with Gasteiger partial charge in [0, 0.05) is 6.42 Å². The van der Waals surface area contributed by atoms with Crippen LogP contribution >= 0.6 is 0 Å². The molecule has 0 spiro atoms. The molecule has 0 fully saturated rings. The summed E-state index contributed by atoms with van der Waals surface area (Å²) in [5.74, 6) is -1.000. The largest absolute Gasteiger partial charge is 0.387 e. The SMILES string of the molecule is CCCCCCCCCCCCC/C=C/CC/C=C/CC/C=C/C(O)C(CS(=O)(=O)O)NC(=O)CCCCCCCCCCCCCCCCCCCCCC. The van der Waals surface area contributed by atoms with Gasteiger partial charge in [-0.3, -0.25) is 9.35 Å². The molecular weight excluding hydrogens is 715 g/mol. The first-order valence-electron chi connectivity index (χ1n) is 24.2. The van der Waals surface area contributed by atoms with Crippen LogP contribution in [0.1, 0.15) is 251 Å². The van der Waals surface area contributed by atoms with Crippen LogP contribution in [0, 0.1) is 0 Å². The van der Waals surface area contributed by atoms with Crippen LogP contribution in [0.5, 0.6) is 0 Å². The summed E-state index contributed by atoms with van der Waals surface area (Å²) >= 11 is 0. The molecule has 0 saturated carbocycles. The van der Waals surface area contributed by atoms with Crippen LogP contribution in [0.25, 0.3) is 0 Å². The minimum atomic E-state index is -4.36. The van der Waals surface area contributed by atoms with Gasteiger partial charge in [-0.15, -0.1) is 0 Å². The molecular formula is C49H93NO5S. The number of allylic oxidation sites excluding steroid dienone is 5. The fourth-order valence-electron chi connectivity index (χ4n) is 7.42. The summed E-state index contributed by atoms with van der Waals surface area (Å²) in [7, 11) is -4.36. The summed E-state index contributed by atoms with van der Waals surface area (Å²) in [6, 6.07) is -1.08. The molecule has 0 aromatic carbocycles. The number of aliphatic hydroxyl groups excluding tert-OH is 1. The lowest BCUT2D eigenvalue weighted by Crippen LogP contribution is -2.46. The summed E-state index contributed by atoms with van der Waals surface area (Å²) in [5.41, 5.74) is 0. The van der Waals surface area contributed by atoms with E-state index in [4.69, 9.17) is 0 Å². The van der Waals surface area contributed by atoms with E-state index in [1.54, 1.807) is 0 Å². The molecule has 0 rings (SSSR count). The van der Waals surface area contributed by atoms with Gasteiger partial charge in [0.1, 0.15) is 0 Å². The molecule has 330 valence electrons. The number of hydrogen-bond acceptors (Lipinski definition) is 4. The van der Waals surface area contributed by atoms with E-state index in [1.807, 2.05) is 6.08 Å². The summed E-state index contributed by atoms with van der Waals surface area (Å²) in [5, 5.41) is 13.3. The Kier molecular flexibility index (Phi) is 42.0. The Labute approximate surface area is 348 Å². The fourth-order valence-corrected chi connectivity index (χ4v) is 8.16. The van der Waals surface area contributed by atoms with Gasteiger partial charge >= 0.3 is 0 Å². The average Bonchev–Trinajstić information content (AvgIpc) is 3.16. The zero-order valence-corrected chi connectivity index (χ0v) is 37.8. The third kappa shape index (κ3) is 43.7. The Morgan fingerprint density at radius 3 is 1.12 bits per heavy atom. The highest BCUT2D eigenvalue weighted by molar-refractivity contribution is 7.85. The molecule has 6 nitrogen and oxygen atoms in total. The van der Waals surface area contributed by atoms with E-state index in [9.17, 15) is 22.9 Å². The molecule has 0 aromatic rings. The van der Waals surface area contributed by atoms with Crippen LogP contribution in [0.15, 0.2) is 36.5 Å². The van der Waals surface area contributed by atoms with E-state index >= 15 is 0 Å². The Balaban J connectivity index is 3.88. The lowest BCUT2D eigenvalue weighted by Gasteiger charge is -2.21. The predicted octanol–water partition coefficient (Wildman–Crippen LogP) is 14.9. The van der Waals surface area contributed by atoms with Crippen LogP contribution in [0.2, 0.25) is 0 Å². The highest BCUT2D eigenvalue weighted by Gasteiger charge is 2.24. The molecule has 0 aromatic heterocycles. The van der Waals surface area contributed by atoms with E-state index < -0.39 is 28.0 Å². The van der Waals surface area contributed by atoms with Gasteiger partial charge in [0.25, 0.3) is 10.1 Å². The van der Waals surface area contributed by atoms with Crippen LogP contribution in [-0.4, -0.2) is 41.9 Å². The van der Waals surface area contributed by atoms with Crippen molar-refractivity contribution >= 4 is 16.0 Å². The maximum atomic E-state index is 12.6. The molecule has 56 heavy (non-hydrogen) atoms. The first kappa shape index (κ1) is 54.6. The second-order valence-corrected chi connectivity index (χ2v) is 18.2. The van der Waals surface area contributed by atoms with Crippen molar-refractivity contribution in [1.82, 2.24) is 5.32 Å². The number of unbranched alkanes of at least 4 members (excludes halogenated alkanes) is 32. The summed E-state index contributed by atoms with van der Waals surface area (Å²) in [4.78, 5) is 12.6. The number of amides is 1. The molecule has 0 radical (unpaired) electrons. The average molecular weight is 808 g/mol. The second-order valence-electron chi connectivity index (χ2n) is 16.7. The van der Waals surface area contributed by atoms with Crippen LogP contribution in [0.3, 0.4) is 0 Å². The van der Waals surface area contributed by atoms with Crippen molar-refractivity contribution in [3.63, 3.8) is 0 Å². The van der Waals surface area contributed by atoms with Crippen molar-refractivity contribution in [2.24, 2.45) is 0 Å². The van der Waals surface area contributed by atoms with Gasteiger partial charge in [-0.05, 0) is 44.9 Å². The van der Waals surface area contributed by atoms with E-state index in [1.165, 1.54) is 192 Å². The molecule has 2 unspecified atom stereocenters. The zero-order chi connectivity index (χ0) is 41.1. The van der Waals surface area contributed by atoms with Gasteiger partial charge in [0.15, 0.2) is 0 Å². The maximum absolute atomic E-state index is 12.6. The second kappa shape index (κ2) is 43.1. The number of carbonyl (C=O) groups is 1. The standard InChI is InChI=1S/C49H93NO5S/c1-3-5-7-9-11-13-15-17-19-21-23-25-26-28-30-32-34-36-38-40-42-44-48(51)47(46-56(53,54)55)50-49(52)45-43-41-39-37-35-33-31-29-27-24-22-20-18-16-14-12-10-8-6-4-2/h26,28,34,36,42,44,47-48,51H,3-25,27,29-33,35,37-41,43,45-46H2,1-2H3,(H,50,52)(H,53,54,55)/b28-26+,36-34+,44-42+. The Morgan fingerprint density at radius 2 is 0.768 bits per heavy atom. The van der Waals surface area contributed by atoms with Crippen LogP contribution in [-0.2, 0) is 14.9 Å². The minimum Gasteiger partial charge on any atom is -0.387 e. The molecule has 0 aliphatic carbocycles. The molecule has 2 atom stereocenters.